The fraction of sp³-hybridized carbons (Fsp3) is 0.294. The molecule has 28 heavy (non-hydrogen) atoms. The van der Waals surface area contributed by atoms with E-state index in [0.29, 0.717) is 42.3 Å². The maximum atomic E-state index is 13.1. The van der Waals surface area contributed by atoms with E-state index in [4.69, 9.17) is 11.6 Å². The van der Waals surface area contributed by atoms with Gasteiger partial charge in [0, 0.05) is 36.8 Å². The molecular formula is C17H14ClF3N6O. The van der Waals surface area contributed by atoms with Crippen molar-refractivity contribution in [2.75, 3.05) is 31.1 Å². The molecule has 1 aliphatic heterocycles. The zero-order valence-corrected chi connectivity index (χ0v) is 15.1. The molecule has 3 heterocycles. The molecule has 2 aromatic heterocycles. The summed E-state index contributed by atoms with van der Waals surface area (Å²) in [5, 5.41) is 0.536. The predicted octanol–water partition coefficient (Wildman–Crippen LogP) is 2.99. The first kappa shape index (κ1) is 18.5. The summed E-state index contributed by atoms with van der Waals surface area (Å²) < 4.78 is 39.3. The Kier molecular flexibility index (Phi) is 4.58. The molecule has 1 N–H and O–H groups in total. The molecule has 146 valence electrons. The number of hydrogen-bond acceptors (Lipinski definition) is 5. The van der Waals surface area contributed by atoms with E-state index >= 15 is 0 Å². The fourth-order valence-electron chi connectivity index (χ4n) is 3.07. The number of aromatic nitrogens is 4. The first-order valence-corrected chi connectivity index (χ1v) is 8.79. The SMILES string of the molecule is O=C(c1ccc(Cl)cc1)N1CCN(c2nc(C(F)(F)F)nc3nc[nH]c23)CC1. The lowest BCUT2D eigenvalue weighted by Crippen LogP contribution is -2.49. The molecule has 0 unspecified atom stereocenters. The summed E-state index contributed by atoms with van der Waals surface area (Å²) in [5.41, 5.74) is 0.803. The van der Waals surface area contributed by atoms with Gasteiger partial charge in [-0.2, -0.15) is 13.2 Å². The molecule has 1 saturated heterocycles. The lowest BCUT2D eigenvalue weighted by atomic mass is 10.2. The van der Waals surface area contributed by atoms with Gasteiger partial charge in [-0.15, -0.1) is 0 Å². The number of amides is 1. The van der Waals surface area contributed by atoms with Crippen LogP contribution in [0.2, 0.25) is 5.02 Å². The molecule has 3 aromatic rings. The molecule has 0 bridgehead atoms. The molecule has 7 nitrogen and oxygen atoms in total. The van der Waals surface area contributed by atoms with E-state index in [1.807, 2.05) is 0 Å². The van der Waals surface area contributed by atoms with E-state index in [-0.39, 0.29) is 17.4 Å². The van der Waals surface area contributed by atoms with Crippen LogP contribution in [0.5, 0.6) is 0 Å². The van der Waals surface area contributed by atoms with Gasteiger partial charge in [-0.1, -0.05) is 11.6 Å². The van der Waals surface area contributed by atoms with Gasteiger partial charge in [0.2, 0.25) is 5.82 Å². The van der Waals surface area contributed by atoms with Crippen molar-refractivity contribution >= 4 is 34.5 Å². The van der Waals surface area contributed by atoms with Gasteiger partial charge >= 0.3 is 6.18 Å². The Hall–Kier alpha value is -2.88. The lowest BCUT2D eigenvalue weighted by Gasteiger charge is -2.35. The van der Waals surface area contributed by atoms with E-state index in [1.165, 1.54) is 6.33 Å². The number of halogens is 4. The Labute approximate surface area is 162 Å². The maximum Gasteiger partial charge on any atom is 0.451 e. The number of rotatable bonds is 2. The number of nitrogens with one attached hydrogen (secondary N) is 1. The minimum Gasteiger partial charge on any atom is -0.351 e. The van der Waals surface area contributed by atoms with Gasteiger partial charge in [0.05, 0.1) is 6.33 Å². The summed E-state index contributed by atoms with van der Waals surface area (Å²) in [7, 11) is 0. The second-order valence-electron chi connectivity index (χ2n) is 6.26. The molecule has 11 heteroatoms. The number of aromatic amines is 1. The predicted molar refractivity (Wildman–Crippen MR) is 96.3 cm³/mol. The molecule has 0 aliphatic carbocycles. The summed E-state index contributed by atoms with van der Waals surface area (Å²) >= 11 is 5.84. The zero-order valence-electron chi connectivity index (χ0n) is 14.4. The molecular weight excluding hydrogens is 397 g/mol. The van der Waals surface area contributed by atoms with Crippen LogP contribution in [0, 0.1) is 0 Å². The van der Waals surface area contributed by atoms with E-state index in [9.17, 15) is 18.0 Å². The average molecular weight is 411 g/mol. The molecule has 1 aliphatic rings. The monoisotopic (exact) mass is 410 g/mol. The van der Waals surface area contributed by atoms with Crippen LogP contribution in [0.25, 0.3) is 11.2 Å². The van der Waals surface area contributed by atoms with E-state index < -0.39 is 12.0 Å². The molecule has 1 aromatic carbocycles. The number of piperazine rings is 1. The number of imidazole rings is 1. The van der Waals surface area contributed by atoms with E-state index in [2.05, 4.69) is 19.9 Å². The molecule has 1 fully saturated rings. The largest absolute Gasteiger partial charge is 0.451 e. The summed E-state index contributed by atoms with van der Waals surface area (Å²) in [6.07, 6.45) is -3.39. The number of hydrogen-bond donors (Lipinski definition) is 1. The Bertz CT molecular complexity index is 1010. The van der Waals surface area contributed by atoms with Crippen LogP contribution in [0.4, 0.5) is 19.0 Å². The van der Waals surface area contributed by atoms with Gasteiger partial charge in [-0.3, -0.25) is 4.79 Å². The topological polar surface area (TPSA) is 78.0 Å². The van der Waals surface area contributed by atoms with Crippen molar-refractivity contribution in [2.24, 2.45) is 0 Å². The lowest BCUT2D eigenvalue weighted by molar-refractivity contribution is -0.144. The van der Waals surface area contributed by atoms with Crippen molar-refractivity contribution < 1.29 is 18.0 Å². The second kappa shape index (κ2) is 6.93. The van der Waals surface area contributed by atoms with Gasteiger partial charge in [0.25, 0.3) is 5.91 Å². The third kappa shape index (κ3) is 3.47. The Morgan fingerprint density at radius 3 is 2.39 bits per heavy atom. The number of nitrogens with zero attached hydrogens (tertiary/aromatic N) is 5. The maximum absolute atomic E-state index is 13.1. The number of anilines is 1. The minimum absolute atomic E-state index is 0.0444. The Morgan fingerprint density at radius 2 is 1.75 bits per heavy atom. The third-order valence-corrected chi connectivity index (χ3v) is 4.73. The number of carbonyl (C=O) groups excluding carboxylic acids is 1. The van der Waals surface area contributed by atoms with Gasteiger partial charge in [0.1, 0.15) is 5.52 Å². The van der Waals surface area contributed by atoms with Crippen molar-refractivity contribution in [3.8, 4) is 0 Å². The van der Waals surface area contributed by atoms with Crippen molar-refractivity contribution in [1.82, 2.24) is 24.8 Å². The van der Waals surface area contributed by atoms with E-state index in [0.717, 1.165) is 0 Å². The third-order valence-electron chi connectivity index (χ3n) is 4.48. The second-order valence-corrected chi connectivity index (χ2v) is 6.69. The van der Waals surface area contributed by atoms with Crippen molar-refractivity contribution in [1.29, 1.82) is 0 Å². The van der Waals surface area contributed by atoms with Crippen LogP contribution in [-0.4, -0.2) is 56.9 Å². The fourth-order valence-corrected chi connectivity index (χ4v) is 3.20. The quantitative estimate of drug-likeness (QED) is 0.702. The average Bonchev–Trinajstić information content (AvgIpc) is 3.15. The smallest absolute Gasteiger partial charge is 0.351 e. The number of fused-ring (bicyclic) bond motifs is 1. The molecule has 0 atom stereocenters. The molecule has 1 amide bonds. The van der Waals surface area contributed by atoms with Crippen LogP contribution in [0.1, 0.15) is 16.2 Å². The van der Waals surface area contributed by atoms with Gasteiger partial charge in [-0.25, -0.2) is 15.0 Å². The highest BCUT2D eigenvalue weighted by Crippen LogP contribution is 2.31. The standard InChI is InChI=1S/C17H14ClF3N6O/c18-11-3-1-10(2-4-11)15(28)27-7-5-26(6-8-27)14-12-13(23-9-22-12)24-16(25-14)17(19,20)21/h1-4,9H,5-8H2,(H,22,23,24,25). The van der Waals surface area contributed by atoms with E-state index in [1.54, 1.807) is 34.1 Å². The minimum atomic E-state index is -4.67. The number of carbonyl (C=O) groups is 1. The van der Waals surface area contributed by atoms with Crippen molar-refractivity contribution in [2.45, 2.75) is 6.18 Å². The van der Waals surface area contributed by atoms with Gasteiger partial charge in [0.15, 0.2) is 11.5 Å². The molecule has 0 radical (unpaired) electrons. The van der Waals surface area contributed by atoms with Crippen LogP contribution < -0.4 is 4.90 Å². The van der Waals surface area contributed by atoms with Gasteiger partial charge in [-0.05, 0) is 24.3 Å². The first-order chi connectivity index (χ1) is 13.3. The molecule has 4 rings (SSSR count). The van der Waals surface area contributed by atoms with Crippen LogP contribution in [-0.2, 0) is 6.18 Å². The molecule has 0 saturated carbocycles. The molecule has 0 spiro atoms. The summed E-state index contributed by atoms with van der Waals surface area (Å²) in [6, 6.07) is 6.57. The summed E-state index contributed by atoms with van der Waals surface area (Å²) in [5.74, 6) is -1.25. The first-order valence-electron chi connectivity index (χ1n) is 8.41. The number of alkyl halides is 3. The summed E-state index contributed by atoms with van der Waals surface area (Å²) in [6.45, 7) is 1.37. The summed E-state index contributed by atoms with van der Waals surface area (Å²) in [4.78, 5) is 29.7. The Morgan fingerprint density at radius 1 is 1.07 bits per heavy atom. The Balaban J connectivity index is 1.54. The highest BCUT2D eigenvalue weighted by molar-refractivity contribution is 6.30. The zero-order chi connectivity index (χ0) is 19.9. The number of benzene rings is 1. The van der Waals surface area contributed by atoms with Gasteiger partial charge < -0.3 is 14.8 Å². The highest BCUT2D eigenvalue weighted by atomic mass is 35.5. The van der Waals surface area contributed by atoms with Crippen molar-refractivity contribution in [3.05, 3.63) is 47.0 Å². The van der Waals surface area contributed by atoms with Crippen LogP contribution >= 0.6 is 11.6 Å². The van der Waals surface area contributed by atoms with Crippen molar-refractivity contribution in [3.63, 3.8) is 0 Å². The van der Waals surface area contributed by atoms with Crippen LogP contribution in [0.15, 0.2) is 30.6 Å². The highest BCUT2D eigenvalue weighted by Gasteiger charge is 2.37. The normalized spacial score (nSPS) is 15.3. The number of H-pyrrole nitrogens is 1. The van der Waals surface area contributed by atoms with Crippen LogP contribution in [0.3, 0.4) is 0 Å².